The summed E-state index contributed by atoms with van der Waals surface area (Å²) in [6.45, 7) is 4.45. The fourth-order valence-corrected chi connectivity index (χ4v) is 3.95. The van der Waals surface area contributed by atoms with E-state index in [9.17, 15) is 9.59 Å². The molecule has 2 saturated heterocycles. The first-order chi connectivity index (χ1) is 11.5. The van der Waals surface area contributed by atoms with Crippen LogP contribution >= 0.6 is 24.0 Å². The van der Waals surface area contributed by atoms with Crippen molar-refractivity contribution in [2.75, 3.05) is 19.6 Å². The van der Waals surface area contributed by atoms with E-state index in [0.29, 0.717) is 24.2 Å². The Balaban J connectivity index is 0.00000225. The number of nitrogens with one attached hydrogen (secondary N) is 1. The van der Waals surface area contributed by atoms with Gasteiger partial charge in [0.25, 0.3) is 0 Å². The Kier molecular flexibility index (Phi) is 7.29. The molecular formula is C19H26Cl2N2O2. The average Bonchev–Trinajstić information content (AvgIpc) is 2.61. The van der Waals surface area contributed by atoms with E-state index in [4.69, 9.17) is 11.6 Å². The van der Waals surface area contributed by atoms with Crippen LogP contribution in [0.4, 0.5) is 0 Å². The van der Waals surface area contributed by atoms with Crippen molar-refractivity contribution in [3.63, 3.8) is 0 Å². The smallest absolute Gasteiger partial charge is 0.225 e. The Hall–Kier alpha value is -1.10. The number of carbonyl (C=O) groups excluding carboxylic acids is 2. The second kappa shape index (κ2) is 9.02. The number of rotatable bonds is 3. The number of halogens is 2. The molecule has 1 N–H and O–H groups in total. The van der Waals surface area contributed by atoms with E-state index in [-0.39, 0.29) is 35.9 Å². The lowest BCUT2D eigenvalue weighted by Gasteiger charge is -2.36. The molecule has 2 fully saturated rings. The minimum absolute atomic E-state index is 0. The van der Waals surface area contributed by atoms with Crippen molar-refractivity contribution in [3.8, 4) is 0 Å². The summed E-state index contributed by atoms with van der Waals surface area (Å²) in [4.78, 5) is 27.2. The van der Waals surface area contributed by atoms with Crippen LogP contribution in [-0.2, 0) is 4.79 Å². The van der Waals surface area contributed by atoms with Gasteiger partial charge in [0.2, 0.25) is 5.91 Å². The first-order valence-electron chi connectivity index (χ1n) is 8.86. The van der Waals surface area contributed by atoms with E-state index in [1.165, 1.54) is 0 Å². The van der Waals surface area contributed by atoms with Gasteiger partial charge < -0.3 is 10.2 Å². The first kappa shape index (κ1) is 20.2. The van der Waals surface area contributed by atoms with Crippen molar-refractivity contribution in [2.45, 2.75) is 38.6 Å². The quantitative estimate of drug-likeness (QED) is 0.810. The molecule has 2 atom stereocenters. The van der Waals surface area contributed by atoms with Crippen LogP contribution < -0.4 is 5.32 Å². The SMILES string of the molecule is C[C@H]1C[C@@H](C(=O)N2CCC(C(=O)c3ccc(Cl)cc3)CC2)CCN1.Cl. The van der Waals surface area contributed by atoms with Crippen molar-refractivity contribution in [1.82, 2.24) is 10.2 Å². The lowest BCUT2D eigenvalue weighted by molar-refractivity contribution is -0.138. The maximum absolute atomic E-state index is 12.7. The molecule has 0 saturated carbocycles. The van der Waals surface area contributed by atoms with Gasteiger partial charge in [-0.25, -0.2) is 0 Å². The molecule has 0 unspecified atom stereocenters. The highest BCUT2D eigenvalue weighted by atomic mass is 35.5. The molecule has 3 rings (SSSR count). The summed E-state index contributed by atoms with van der Waals surface area (Å²) in [5.41, 5.74) is 0.719. The molecule has 2 aliphatic heterocycles. The Morgan fingerprint density at radius 3 is 2.32 bits per heavy atom. The van der Waals surface area contributed by atoms with Crippen LogP contribution in [-0.4, -0.2) is 42.3 Å². The van der Waals surface area contributed by atoms with Crippen LogP contribution in [0.25, 0.3) is 0 Å². The molecule has 4 nitrogen and oxygen atoms in total. The molecule has 1 amide bonds. The fourth-order valence-electron chi connectivity index (χ4n) is 3.83. The predicted octanol–water partition coefficient (Wildman–Crippen LogP) is 3.57. The Morgan fingerprint density at radius 1 is 1.08 bits per heavy atom. The van der Waals surface area contributed by atoms with Crippen molar-refractivity contribution >= 4 is 35.7 Å². The Labute approximate surface area is 160 Å². The Morgan fingerprint density at radius 2 is 1.72 bits per heavy atom. The first-order valence-corrected chi connectivity index (χ1v) is 9.24. The summed E-state index contributed by atoms with van der Waals surface area (Å²) in [6.07, 6.45) is 3.36. The maximum atomic E-state index is 12.7. The normalized spacial score (nSPS) is 24.5. The zero-order chi connectivity index (χ0) is 17.1. The third kappa shape index (κ3) is 4.96. The molecule has 138 valence electrons. The van der Waals surface area contributed by atoms with Gasteiger partial charge in [0, 0.05) is 41.6 Å². The van der Waals surface area contributed by atoms with E-state index >= 15 is 0 Å². The predicted molar refractivity (Wildman–Crippen MR) is 103 cm³/mol. The molecule has 0 radical (unpaired) electrons. The van der Waals surface area contributed by atoms with Gasteiger partial charge in [0.05, 0.1) is 0 Å². The molecule has 6 heteroatoms. The second-order valence-corrected chi connectivity index (χ2v) is 7.48. The zero-order valence-electron chi connectivity index (χ0n) is 14.5. The van der Waals surface area contributed by atoms with Gasteiger partial charge in [0.15, 0.2) is 5.78 Å². The van der Waals surface area contributed by atoms with Gasteiger partial charge in [-0.1, -0.05) is 11.6 Å². The summed E-state index contributed by atoms with van der Waals surface area (Å²) >= 11 is 5.88. The summed E-state index contributed by atoms with van der Waals surface area (Å²) in [5, 5.41) is 4.03. The van der Waals surface area contributed by atoms with Gasteiger partial charge in [0.1, 0.15) is 0 Å². The molecule has 0 bridgehead atoms. The van der Waals surface area contributed by atoms with E-state index in [2.05, 4.69) is 12.2 Å². The minimum atomic E-state index is 0. The second-order valence-electron chi connectivity index (χ2n) is 7.05. The standard InChI is InChI=1S/C19H25ClN2O2.ClH/c1-13-12-16(6-9-21-13)19(24)22-10-7-15(8-11-22)18(23)14-2-4-17(20)5-3-14;/h2-5,13,15-16,21H,6-12H2,1H3;1H/t13-,16-;/m0./s1. The van der Waals surface area contributed by atoms with E-state index in [1.54, 1.807) is 24.3 Å². The van der Waals surface area contributed by atoms with Gasteiger partial charge in [-0.05, 0) is 63.4 Å². The van der Waals surface area contributed by atoms with Crippen LogP contribution in [0.1, 0.15) is 43.0 Å². The molecule has 2 aliphatic rings. The van der Waals surface area contributed by atoms with Crippen molar-refractivity contribution < 1.29 is 9.59 Å². The van der Waals surface area contributed by atoms with E-state index in [0.717, 1.165) is 37.8 Å². The largest absolute Gasteiger partial charge is 0.342 e. The minimum Gasteiger partial charge on any atom is -0.342 e. The summed E-state index contributed by atoms with van der Waals surface area (Å²) < 4.78 is 0. The van der Waals surface area contributed by atoms with Gasteiger partial charge in [-0.3, -0.25) is 9.59 Å². The molecule has 1 aromatic carbocycles. The number of piperidine rings is 2. The number of likely N-dealkylation sites (tertiary alicyclic amines) is 1. The van der Waals surface area contributed by atoms with Crippen LogP contribution in [0.2, 0.25) is 5.02 Å². The number of carbonyl (C=O) groups is 2. The number of nitrogens with zero attached hydrogens (tertiary/aromatic N) is 1. The van der Waals surface area contributed by atoms with Crippen molar-refractivity contribution in [2.24, 2.45) is 11.8 Å². The number of Topliss-reactive ketones (excluding diaryl/α,β-unsaturated/α-hetero) is 1. The van der Waals surface area contributed by atoms with Gasteiger partial charge in [-0.15, -0.1) is 12.4 Å². The van der Waals surface area contributed by atoms with Crippen molar-refractivity contribution in [3.05, 3.63) is 34.9 Å². The highest BCUT2D eigenvalue weighted by Gasteiger charge is 2.32. The molecular weight excluding hydrogens is 359 g/mol. The highest BCUT2D eigenvalue weighted by molar-refractivity contribution is 6.30. The number of hydrogen-bond acceptors (Lipinski definition) is 3. The van der Waals surface area contributed by atoms with Crippen molar-refractivity contribution in [1.29, 1.82) is 0 Å². The molecule has 0 aromatic heterocycles. The topological polar surface area (TPSA) is 49.4 Å². The van der Waals surface area contributed by atoms with E-state index in [1.807, 2.05) is 4.90 Å². The third-order valence-electron chi connectivity index (χ3n) is 5.28. The van der Waals surface area contributed by atoms with Crippen LogP contribution in [0.3, 0.4) is 0 Å². The van der Waals surface area contributed by atoms with Gasteiger partial charge >= 0.3 is 0 Å². The molecule has 0 spiro atoms. The van der Waals surface area contributed by atoms with E-state index < -0.39 is 0 Å². The monoisotopic (exact) mass is 384 g/mol. The molecule has 25 heavy (non-hydrogen) atoms. The van der Waals surface area contributed by atoms with Crippen LogP contribution in [0.15, 0.2) is 24.3 Å². The third-order valence-corrected chi connectivity index (χ3v) is 5.53. The number of amides is 1. The molecule has 0 aliphatic carbocycles. The average molecular weight is 385 g/mol. The molecule has 1 aromatic rings. The van der Waals surface area contributed by atoms with Crippen LogP contribution in [0.5, 0.6) is 0 Å². The van der Waals surface area contributed by atoms with Crippen LogP contribution in [0, 0.1) is 11.8 Å². The summed E-state index contributed by atoms with van der Waals surface area (Å²) in [7, 11) is 0. The number of benzene rings is 1. The fraction of sp³-hybridized carbons (Fsp3) is 0.579. The summed E-state index contributed by atoms with van der Waals surface area (Å²) in [6, 6.07) is 7.51. The maximum Gasteiger partial charge on any atom is 0.225 e. The Bertz CT molecular complexity index is 598. The summed E-state index contributed by atoms with van der Waals surface area (Å²) in [5.74, 6) is 0.613. The lowest BCUT2D eigenvalue weighted by Crippen LogP contribution is -2.47. The molecule has 2 heterocycles. The number of hydrogen-bond donors (Lipinski definition) is 1. The lowest BCUT2D eigenvalue weighted by atomic mass is 9.87. The number of ketones is 1. The van der Waals surface area contributed by atoms with Gasteiger partial charge in [-0.2, -0.15) is 0 Å². The zero-order valence-corrected chi connectivity index (χ0v) is 16.1. The highest BCUT2D eigenvalue weighted by Crippen LogP contribution is 2.26.